The number of carbonyl (C=O) groups excluding carboxylic acids is 2. The number of hydrogen-bond donors (Lipinski definition) is 1. The van der Waals surface area contributed by atoms with Crippen molar-refractivity contribution in [3.8, 4) is 11.4 Å². The fourth-order valence-corrected chi connectivity index (χ4v) is 3.86. The van der Waals surface area contributed by atoms with Gasteiger partial charge in [0, 0.05) is 17.6 Å². The number of anilines is 1. The fraction of sp³-hybridized carbons (Fsp3) is 0.125. The van der Waals surface area contributed by atoms with Crippen molar-refractivity contribution in [3.63, 3.8) is 0 Å². The zero-order valence-corrected chi connectivity index (χ0v) is 18.2. The normalized spacial score (nSPS) is 15.4. The van der Waals surface area contributed by atoms with E-state index >= 15 is 0 Å². The average Bonchev–Trinajstić information content (AvgIpc) is 3.19. The number of benzene rings is 2. The molecule has 0 atom stereocenters. The standard InChI is InChI=1S/C24H21N3O3S/c1-15-6-11-21(16(2)13-15)26-12-4-5-18(26)14-20-22(28)25-24(31)27(23(20)29)17-7-9-19(30-3)10-8-17/h4-14H,1-3H3,(H,25,28,31)/b20-14-. The molecule has 0 unspecified atom stereocenters. The molecular weight excluding hydrogens is 410 g/mol. The second-order valence-corrected chi connectivity index (χ2v) is 7.64. The number of nitrogens with zero attached hydrogens (tertiary/aromatic N) is 2. The van der Waals surface area contributed by atoms with Crippen molar-refractivity contribution in [2.75, 3.05) is 12.0 Å². The summed E-state index contributed by atoms with van der Waals surface area (Å²) in [5.74, 6) is -0.342. The smallest absolute Gasteiger partial charge is 0.270 e. The van der Waals surface area contributed by atoms with Gasteiger partial charge in [-0.25, -0.2) is 0 Å². The molecule has 4 rings (SSSR count). The molecule has 0 aliphatic carbocycles. The van der Waals surface area contributed by atoms with Gasteiger partial charge in [0.2, 0.25) is 0 Å². The highest BCUT2D eigenvalue weighted by molar-refractivity contribution is 7.80. The van der Waals surface area contributed by atoms with Gasteiger partial charge in [-0.05, 0) is 80.2 Å². The summed E-state index contributed by atoms with van der Waals surface area (Å²) in [6.07, 6.45) is 3.50. The summed E-state index contributed by atoms with van der Waals surface area (Å²) in [6.45, 7) is 4.07. The molecule has 2 amide bonds. The summed E-state index contributed by atoms with van der Waals surface area (Å²) in [5, 5.41) is 2.66. The summed E-state index contributed by atoms with van der Waals surface area (Å²) in [7, 11) is 1.57. The van der Waals surface area contributed by atoms with Crippen molar-refractivity contribution in [1.29, 1.82) is 0 Å². The number of amides is 2. The number of rotatable bonds is 4. The van der Waals surface area contributed by atoms with Gasteiger partial charge in [0.25, 0.3) is 11.8 Å². The van der Waals surface area contributed by atoms with Crippen molar-refractivity contribution in [3.05, 3.63) is 83.2 Å². The van der Waals surface area contributed by atoms with Crippen LogP contribution in [0.4, 0.5) is 5.69 Å². The van der Waals surface area contributed by atoms with E-state index in [0.29, 0.717) is 17.1 Å². The van der Waals surface area contributed by atoms with Gasteiger partial charge in [-0.2, -0.15) is 0 Å². The first kappa shape index (κ1) is 20.6. The first-order chi connectivity index (χ1) is 14.9. The summed E-state index contributed by atoms with van der Waals surface area (Å²) in [5.41, 5.74) is 4.51. The molecular formula is C24H21N3O3S. The predicted octanol–water partition coefficient (Wildman–Crippen LogP) is 3.93. The second kappa shape index (κ2) is 8.20. The van der Waals surface area contributed by atoms with Crippen LogP contribution in [0, 0.1) is 13.8 Å². The molecule has 1 aliphatic rings. The molecule has 6 nitrogen and oxygen atoms in total. The SMILES string of the molecule is COc1ccc(N2C(=O)/C(=C\c3cccn3-c3ccc(C)cc3C)C(=O)NC2=S)cc1. The number of aryl methyl sites for hydroxylation is 2. The quantitative estimate of drug-likeness (QED) is 0.386. The number of ether oxygens (including phenoxy) is 1. The fourth-order valence-electron chi connectivity index (χ4n) is 3.58. The highest BCUT2D eigenvalue weighted by Crippen LogP contribution is 2.25. The Morgan fingerprint density at radius 1 is 1.03 bits per heavy atom. The van der Waals surface area contributed by atoms with Gasteiger partial charge in [-0.3, -0.25) is 19.8 Å². The molecule has 1 fully saturated rings. The highest BCUT2D eigenvalue weighted by Gasteiger charge is 2.34. The van der Waals surface area contributed by atoms with E-state index in [4.69, 9.17) is 17.0 Å². The Hall–Kier alpha value is -3.71. The third-order valence-electron chi connectivity index (χ3n) is 5.12. The first-order valence-corrected chi connectivity index (χ1v) is 10.1. The molecule has 0 spiro atoms. The van der Waals surface area contributed by atoms with E-state index in [1.54, 1.807) is 37.5 Å². The first-order valence-electron chi connectivity index (χ1n) is 9.69. The number of aromatic nitrogens is 1. The lowest BCUT2D eigenvalue weighted by Crippen LogP contribution is -2.54. The minimum Gasteiger partial charge on any atom is -0.497 e. The van der Waals surface area contributed by atoms with Crippen LogP contribution in [0.3, 0.4) is 0 Å². The topological polar surface area (TPSA) is 63.6 Å². The van der Waals surface area contributed by atoms with Gasteiger partial charge in [-0.15, -0.1) is 0 Å². The van der Waals surface area contributed by atoms with E-state index in [-0.39, 0.29) is 10.7 Å². The van der Waals surface area contributed by atoms with Gasteiger partial charge in [0.05, 0.1) is 12.8 Å². The molecule has 1 saturated heterocycles. The molecule has 1 aromatic heterocycles. The molecule has 0 bridgehead atoms. The molecule has 2 heterocycles. The maximum absolute atomic E-state index is 13.3. The van der Waals surface area contributed by atoms with E-state index < -0.39 is 11.8 Å². The molecule has 3 aromatic rings. The van der Waals surface area contributed by atoms with Gasteiger partial charge in [0.15, 0.2) is 5.11 Å². The van der Waals surface area contributed by atoms with E-state index in [0.717, 1.165) is 11.3 Å². The number of thiocarbonyl (C=S) groups is 1. The number of nitrogens with one attached hydrogen (secondary N) is 1. The molecule has 1 N–H and O–H groups in total. The lowest BCUT2D eigenvalue weighted by atomic mass is 10.1. The van der Waals surface area contributed by atoms with Crippen LogP contribution in [0.15, 0.2) is 66.4 Å². The third-order valence-corrected chi connectivity index (χ3v) is 5.40. The Labute approximate surface area is 185 Å². The molecule has 7 heteroatoms. The van der Waals surface area contributed by atoms with Gasteiger partial charge in [-0.1, -0.05) is 17.7 Å². The van der Waals surface area contributed by atoms with Gasteiger partial charge >= 0.3 is 0 Å². The van der Waals surface area contributed by atoms with Crippen LogP contribution in [0.2, 0.25) is 0 Å². The second-order valence-electron chi connectivity index (χ2n) is 7.25. The minimum atomic E-state index is -0.520. The van der Waals surface area contributed by atoms with E-state index in [1.807, 2.05) is 48.9 Å². The molecule has 156 valence electrons. The molecule has 31 heavy (non-hydrogen) atoms. The zero-order chi connectivity index (χ0) is 22.1. The van der Waals surface area contributed by atoms with Crippen LogP contribution >= 0.6 is 12.2 Å². The Morgan fingerprint density at radius 3 is 2.45 bits per heavy atom. The Kier molecular flexibility index (Phi) is 5.44. The zero-order valence-electron chi connectivity index (χ0n) is 17.4. The molecule has 0 radical (unpaired) electrons. The van der Waals surface area contributed by atoms with Crippen LogP contribution < -0.4 is 15.0 Å². The lowest BCUT2D eigenvalue weighted by molar-refractivity contribution is -0.122. The lowest BCUT2D eigenvalue weighted by Gasteiger charge is -2.29. The summed E-state index contributed by atoms with van der Waals surface area (Å²) < 4.78 is 7.12. The third kappa shape index (κ3) is 3.87. The van der Waals surface area contributed by atoms with E-state index in [9.17, 15) is 9.59 Å². The largest absolute Gasteiger partial charge is 0.497 e. The Bertz CT molecular complexity index is 1230. The van der Waals surface area contributed by atoms with Crippen molar-refractivity contribution in [2.24, 2.45) is 0 Å². The Morgan fingerprint density at radius 2 is 1.77 bits per heavy atom. The van der Waals surface area contributed by atoms with Gasteiger partial charge in [0.1, 0.15) is 11.3 Å². The van der Waals surface area contributed by atoms with Crippen LogP contribution in [0.1, 0.15) is 16.8 Å². The summed E-state index contributed by atoms with van der Waals surface area (Å²) >= 11 is 5.27. The molecule has 0 saturated carbocycles. The molecule has 2 aromatic carbocycles. The minimum absolute atomic E-state index is 0.00846. The predicted molar refractivity (Wildman–Crippen MR) is 124 cm³/mol. The van der Waals surface area contributed by atoms with E-state index in [1.165, 1.54) is 10.5 Å². The average molecular weight is 432 g/mol. The Balaban J connectivity index is 1.74. The van der Waals surface area contributed by atoms with Crippen LogP contribution in [0.5, 0.6) is 5.75 Å². The summed E-state index contributed by atoms with van der Waals surface area (Å²) in [6, 6.07) is 16.8. The van der Waals surface area contributed by atoms with Crippen LogP contribution in [0.25, 0.3) is 11.8 Å². The van der Waals surface area contributed by atoms with Gasteiger partial charge < -0.3 is 9.30 Å². The number of carbonyl (C=O) groups is 2. The maximum atomic E-state index is 13.3. The van der Waals surface area contributed by atoms with Crippen molar-refractivity contribution in [2.45, 2.75) is 13.8 Å². The van der Waals surface area contributed by atoms with Crippen LogP contribution in [-0.2, 0) is 9.59 Å². The summed E-state index contributed by atoms with van der Waals surface area (Å²) in [4.78, 5) is 27.2. The maximum Gasteiger partial charge on any atom is 0.270 e. The monoisotopic (exact) mass is 431 g/mol. The number of hydrogen-bond acceptors (Lipinski definition) is 4. The number of methoxy groups -OCH3 is 1. The van der Waals surface area contributed by atoms with Crippen molar-refractivity contribution in [1.82, 2.24) is 9.88 Å². The molecule has 1 aliphatic heterocycles. The highest BCUT2D eigenvalue weighted by atomic mass is 32.1. The van der Waals surface area contributed by atoms with Crippen LogP contribution in [-0.4, -0.2) is 28.6 Å². The van der Waals surface area contributed by atoms with Crippen molar-refractivity contribution >= 4 is 40.9 Å². The van der Waals surface area contributed by atoms with Crippen molar-refractivity contribution < 1.29 is 14.3 Å². The van der Waals surface area contributed by atoms with E-state index in [2.05, 4.69) is 11.4 Å².